The van der Waals surface area contributed by atoms with Crippen LogP contribution in [0.4, 0.5) is 5.82 Å². The molecule has 2 aromatic heterocycles. The van der Waals surface area contributed by atoms with Gasteiger partial charge in [0.15, 0.2) is 0 Å². The Morgan fingerprint density at radius 2 is 1.97 bits per heavy atom. The monoisotopic (exact) mass is 408 g/mol. The number of nitrogens with zero attached hydrogens (tertiary/aromatic N) is 5. The molecule has 0 amide bonds. The molecule has 8 nitrogen and oxygen atoms in total. The molecule has 1 aliphatic heterocycles. The van der Waals surface area contributed by atoms with Crippen LogP contribution < -0.4 is 9.64 Å². The van der Waals surface area contributed by atoms with Crippen LogP contribution in [0.1, 0.15) is 33.1 Å². The minimum atomic E-state index is -0.363. The molecule has 0 radical (unpaired) electrons. The number of aromatic amines is 1. The van der Waals surface area contributed by atoms with Gasteiger partial charge in [-0.25, -0.2) is 9.97 Å². The van der Waals surface area contributed by atoms with E-state index in [-0.39, 0.29) is 11.8 Å². The van der Waals surface area contributed by atoms with E-state index in [4.69, 9.17) is 4.74 Å². The lowest BCUT2D eigenvalue weighted by Crippen LogP contribution is -2.50. The lowest BCUT2D eigenvalue weighted by Gasteiger charge is -2.37. The molecule has 30 heavy (non-hydrogen) atoms. The lowest BCUT2D eigenvalue weighted by molar-refractivity contribution is -0.00199. The van der Waals surface area contributed by atoms with E-state index in [0.29, 0.717) is 0 Å². The van der Waals surface area contributed by atoms with Crippen LogP contribution in [0.5, 0.6) is 5.75 Å². The average Bonchev–Trinajstić information content (AvgIpc) is 3.35. The second kappa shape index (κ2) is 7.52. The van der Waals surface area contributed by atoms with Gasteiger partial charge in [-0.2, -0.15) is 5.10 Å². The number of aliphatic hydroxyl groups is 1. The van der Waals surface area contributed by atoms with Crippen molar-refractivity contribution in [2.75, 3.05) is 31.1 Å². The molecule has 5 rings (SSSR count). The third-order valence-electron chi connectivity index (χ3n) is 6.17. The van der Waals surface area contributed by atoms with Crippen molar-refractivity contribution in [2.24, 2.45) is 0 Å². The molecule has 0 bridgehead atoms. The number of hydrogen-bond donors (Lipinski definition) is 2. The van der Waals surface area contributed by atoms with Crippen LogP contribution >= 0.6 is 0 Å². The first kappa shape index (κ1) is 19.3. The largest absolute Gasteiger partial charge is 0.488 e. The zero-order valence-corrected chi connectivity index (χ0v) is 17.5. The lowest BCUT2D eigenvalue weighted by atomic mass is 10.1. The van der Waals surface area contributed by atoms with Gasteiger partial charge in [0, 0.05) is 37.6 Å². The highest BCUT2D eigenvalue weighted by molar-refractivity contribution is 5.93. The number of hydrogen-bond acceptors (Lipinski definition) is 7. The van der Waals surface area contributed by atoms with Crippen molar-refractivity contribution in [1.82, 2.24) is 25.1 Å². The van der Waals surface area contributed by atoms with Crippen molar-refractivity contribution in [2.45, 2.75) is 44.9 Å². The summed E-state index contributed by atoms with van der Waals surface area (Å²) in [7, 11) is 0. The van der Waals surface area contributed by atoms with E-state index in [2.05, 4.69) is 36.9 Å². The van der Waals surface area contributed by atoms with E-state index in [1.54, 1.807) is 6.33 Å². The minimum Gasteiger partial charge on any atom is -0.488 e. The van der Waals surface area contributed by atoms with Crippen molar-refractivity contribution in [3.63, 3.8) is 0 Å². The molecule has 1 aromatic carbocycles. The molecule has 1 unspecified atom stereocenters. The highest BCUT2D eigenvalue weighted by Gasteiger charge is 2.40. The van der Waals surface area contributed by atoms with Gasteiger partial charge in [-0.3, -0.25) is 10.00 Å². The first-order chi connectivity index (χ1) is 14.5. The second-order valence-corrected chi connectivity index (χ2v) is 8.50. The number of ether oxygens (including phenoxy) is 1. The van der Waals surface area contributed by atoms with Crippen molar-refractivity contribution in [1.29, 1.82) is 0 Å². The predicted molar refractivity (Wildman–Crippen MR) is 115 cm³/mol. The quantitative estimate of drug-likeness (QED) is 0.648. The fourth-order valence-corrected chi connectivity index (χ4v) is 3.97. The molecule has 158 valence electrons. The van der Waals surface area contributed by atoms with Crippen LogP contribution in [0.2, 0.25) is 0 Å². The van der Waals surface area contributed by atoms with Gasteiger partial charge in [-0.05, 0) is 44.4 Å². The topological polar surface area (TPSA) is 90.4 Å². The standard InChI is InChI=1S/C22H28N6O2/c1-3-20(29)28-10-8-27(9-11-28)19-13-18(23-14-24-19)21-16-12-15(30-22(2)6-7-22)4-5-17(16)25-26-21/h4-5,12-14,20,29H,3,6-11H2,1-2H3,(H,25,26). The van der Waals surface area contributed by atoms with E-state index in [1.165, 1.54) is 0 Å². The highest BCUT2D eigenvalue weighted by Crippen LogP contribution is 2.40. The van der Waals surface area contributed by atoms with Crippen molar-refractivity contribution in [3.8, 4) is 17.1 Å². The smallest absolute Gasteiger partial charge is 0.132 e. The molecule has 0 spiro atoms. The van der Waals surface area contributed by atoms with Gasteiger partial charge in [0.1, 0.15) is 35.4 Å². The van der Waals surface area contributed by atoms with Crippen molar-refractivity contribution >= 4 is 16.7 Å². The van der Waals surface area contributed by atoms with E-state index >= 15 is 0 Å². The molecule has 1 atom stereocenters. The van der Waals surface area contributed by atoms with Gasteiger partial charge in [0.2, 0.25) is 0 Å². The molecular formula is C22H28N6O2. The summed E-state index contributed by atoms with van der Waals surface area (Å²) in [5, 5.41) is 18.7. The maximum absolute atomic E-state index is 10.1. The Labute approximate surface area is 175 Å². The fraction of sp³-hybridized carbons (Fsp3) is 0.500. The summed E-state index contributed by atoms with van der Waals surface area (Å²) >= 11 is 0. The maximum atomic E-state index is 10.1. The second-order valence-electron chi connectivity index (χ2n) is 8.50. The minimum absolute atomic E-state index is 0.0207. The molecule has 8 heteroatoms. The summed E-state index contributed by atoms with van der Waals surface area (Å²) in [6.45, 7) is 7.43. The Kier molecular flexibility index (Phi) is 4.83. The van der Waals surface area contributed by atoms with E-state index in [1.807, 2.05) is 31.2 Å². The zero-order valence-electron chi connectivity index (χ0n) is 17.5. The molecule has 3 heterocycles. The third-order valence-corrected chi connectivity index (χ3v) is 6.17. The number of fused-ring (bicyclic) bond motifs is 1. The Balaban J connectivity index is 1.39. The first-order valence-corrected chi connectivity index (χ1v) is 10.7. The molecular weight excluding hydrogens is 380 g/mol. The van der Waals surface area contributed by atoms with Crippen molar-refractivity contribution in [3.05, 3.63) is 30.6 Å². The SMILES string of the molecule is CCC(O)N1CCN(c2cc(-c3n[nH]c4ccc(OC5(C)CC5)cc34)ncn2)CC1. The number of benzene rings is 1. The molecule has 3 aromatic rings. The average molecular weight is 409 g/mol. The zero-order chi connectivity index (χ0) is 20.7. The number of H-pyrrole nitrogens is 1. The molecule has 2 fully saturated rings. The number of aliphatic hydroxyl groups excluding tert-OH is 1. The number of piperazine rings is 1. The fourth-order valence-electron chi connectivity index (χ4n) is 3.97. The number of rotatable bonds is 6. The van der Waals surface area contributed by atoms with E-state index in [0.717, 1.165) is 79.3 Å². The highest BCUT2D eigenvalue weighted by atomic mass is 16.5. The van der Waals surface area contributed by atoms with Gasteiger partial charge in [-0.1, -0.05) is 6.92 Å². The van der Waals surface area contributed by atoms with Crippen LogP contribution in [0, 0.1) is 0 Å². The number of aromatic nitrogens is 4. The van der Waals surface area contributed by atoms with Crippen LogP contribution in [0.3, 0.4) is 0 Å². The van der Waals surface area contributed by atoms with Crippen LogP contribution in [0.15, 0.2) is 30.6 Å². The van der Waals surface area contributed by atoms with Gasteiger partial charge in [0.05, 0.1) is 11.2 Å². The van der Waals surface area contributed by atoms with Gasteiger partial charge in [-0.15, -0.1) is 0 Å². The van der Waals surface area contributed by atoms with Crippen molar-refractivity contribution < 1.29 is 9.84 Å². The third kappa shape index (κ3) is 3.73. The van der Waals surface area contributed by atoms with Crippen LogP contribution in [-0.2, 0) is 0 Å². The summed E-state index contributed by atoms with van der Waals surface area (Å²) in [6.07, 6.45) is 4.18. The summed E-state index contributed by atoms with van der Waals surface area (Å²) in [5.74, 6) is 1.75. The van der Waals surface area contributed by atoms with Gasteiger partial charge < -0.3 is 14.7 Å². The summed E-state index contributed by atoms with van der Waals surface area (Å²) in [4.78, 5) is 13.3. The summed E-state index contributed by atoms with van der Waals surface area (Å²) in [5.41, 5.74) is 2.53. The normalized spacial score (nSPS) is 19.8. The molecule has 1 saturated heterocycles. The molecule has 1 aliphatic carbocycles. The Bertz CT molecular complexity index is 1040. The Morgan fingerprint density at radius 1 is 1.17 bits per heavy atom. The van der Waals surface area contributed by atoms with Gasteiger partial charge in [0.25, 0.3) is 0 Å². The van der Waals surface area contributed by atoms with Crippen LogP contribution in [0.25, 0.3) is 22.3 Å². The maximum Gasteiger partial charge on any atom is 0.132 e. The van der Waals surface area contributed by atoms with Crippen LogP contribution in [-0.4, -0.2) is 68.2 Å². The Hall–Kier alpha value is -2.71. The summed E-state index contributed by atoms with van der Waals surface area (Å²) < 4.78 is 6.13. The van der Waals surface area contributed by atoms with Gasteiger partial charge >= 0.3 is 0 Å². The number of anilines is 1. The molecule has 2 N–H and O–H groups in total. The molecule has 2 aliphatic rings. The van der Waals surface area contributed by atoms with E-state index in [9.17, 15) is 5.11 Å². The number of nitrogens with one attached hydrogen (secondary N) is 1. The summed E-state index contributed by atoms with van der Waals surface area (Å²) in [6, 6.07) is 8.04. The predicted octanol–water partition coefficient (Wildman–Crippen LogP) is 2.80. The molecule has 1 saturated carbocycles. The first-order valence-electron chi connectivity index (χ1n) is 10.7. The Morgan fingerprint density at radius 3 is 2.70 bits per heavy atom. The van der Waals surface area contributed by atoms with E-state index < -0.39 is 0 Å².